The summed E-state index contributed by atoms with van der Waals surface area (Å²) in [5, 5.41) is 0. The summed E-state index contributed by atoms with van der Waals surface area (Å²) in [7, 11) is 0. The van der Waals surface area contributed by atoms with Crippen molar-refractivity contribution in [2.45, 2.75) is 51.0 Å². The Bertz CT molecular complexity index is 429. The van der Waals surface area contributed by atoms with Crippen molar-refractivity contribution in [1.82, 2.24) is 9.80 Å². The van der Waals surface area contributed by atoms with E-state index in [1.165, 1.54) is 4.90 Å². The van der Waals surface area contributed by atoms with Gasteiger partial charge in [0, 0.05) is 12.5 Å². The molecule has 2 saturated heterocycles. The quantitative estimate of drug-likeness (QED) is 0.773. The van der Waals surface area contributed by atoms with Gasteiger partial charge in [-0.25, -0.2) is 0 Å². The highest BCUT2D eigenvalue weighted by molar-refractivity contribution is 5.97. The number of piperidine rings is 1. The van der Waals surface area contributed by atoms with Crippen LogP contribution < -0.4 is 0 Å². The van der Waals surface area contributed by atoms with Gasteiger partial charge in [-0.3, -0.25) is 14.4 Å². The lowest BCUT2D eigenvalue weighted by Crippen LogP contribution is -2.62. The van der Waals surface area contributed by atoms with Crippen LogP contribution in [0.1, 0.15) is 44.9 Å². The molecule has 1 saturated carbocycles. The number of carbonyl (C=O) groups excluding carboxylic acids is 3. The van der Waals surface area contributed by atoms with Crippen molar-refractivity contribution >= 4 is 17.6 Å². The molecule has 3 fully saturated rings. The molecule has 3 rings (SSSR count). The number of Topliss-reactive ketones (excluding diaryl/α,β-unsaturated/α-hetero) is 1. The fourth-order valence-corrected chi connectivity index (χ4v) is 3.73. The van der Waals surface area contributed by atoms with Crippen LogP contribution in [0.2, 0.25) is 0 Å². The number of fused-ring (bicyclic) bond motifs is 1. The topological polar surface area (TPSA) is 57.7 Å². The predicted molar refractivity (Wildman–Crippen MR) is 72.9 cm³/mol. The first kappa shape index (κ1) is 13.6. The minimum Gasteiger partial charge on any atom is -0.329 e. The van der Waals surface area contributed by atoms with Gasteiger partial charge in [0.25, 0.3) is 0 Å². The van der Waals surface area contributed by atoms with E-state index >= 15 is 0 Å². The van der Waals surface area contributed by atoms with Crippen LogP contribution in [-0.2, 0) is 14.4 Å². The Kier molecular flexibility index (Phi) is 3.76. The molecule has 0 spiro atoms. The van der Waals surface area contributed by atoms with E-state index in [1.54, 1.807) is 4.90 Å². The van der Waals surface area contributed by atoms with Gasteiger partial charge in [0.05, 0.1) is 6.54 Å². The number of hydrogen-bond acceptors (Lipinski definition) is 3. The number of piperazine rings is 1. The average molecular weight is 278 g/mol. The van der Waals surface area contributed by atoms with Crippen molar-refractivity contribution in [3.63, 3.8) is 0 Å². The third kappa shape index (κ3) is 2.45. The number of amides is 2. The molecule has 5 heteroatoms. The molecule has 1 aliphatic carbocycles. The van der Waals surface area contributed by atoms with Crippen molar-refractivity contribution in [3.05, 3.63) is 0 Å². The second-order valence-corrected chi connectivity index (χ2v) is 6.24. The van der Waals surface area contributed by atoms with Gasteiger partial charge < -0.3 is 9.80 Å². The highest BCUT2D eigenvalue weighted by Crippen LogP contribution is 2.27. The highest BCUT2D eigenvalue weighted by Gasteiger charge is 2.41. The van der Waals surface area contributed by atoms with E-state index in [0.29, 0.717) is 6.54 Å². The molecule has 2 aliphatic heterocycles. The number of carbonyl (C=O) groups is 3. The second-order valence-electron chi connectivity index (χ2n) is 6.24. The van der Waals surface area contributed by atoms with Crippen LogP contribution in [0.4, 0.5) is 0 Å². The highest BCUT2D eigenvalue weighted by atomic mass is 16.2. The standard InChI is InChI=1S/C15H22N2O3/c18-13(11-5-1-2-6-11)9-16-10-14(19)17-8-4-3-7-12(17)15(16)20/h11-12H,1-10H2. The summed E-state index contributed by atoms with van der Waals surface area (Å²) >= 11 is 0. The Hall–Kier alpha value is -1.39. The third-order valence-electron chi connectivity index (χ3n) is 4.90. The second kappa shape index (κ2) is 5.54. The molecular formula is C15H22N2O3. The molecule has 2 heterocycles. The maximum atomic E-state index is 12.4. The van der Waals surface area contributed by atoms with E-state index in [0.717, 1.165) is 44.9 Å². The minimum atomic E-state index is -0.304. The van der Waals surface area contributed by atoms with E-state index in [4.69, 9.17) is 0 Å². The molecule has 1 atom stereocenters. The summed E-state index contributed by atoms with van der Waals surface area (Å²) in [4.78, 5) is 40.0. The molecular weight excluding hydrogens is 256 g/mol. The summed E-state index contributed by atoms with van der Waals surface area (Å²) in [6, 6.07) is -0.304. The first-order valence-corrected chi connectivity index (χ1v) is 7.78. The minimum absolute atomic E-state index is 0.00789. The Balaban J connectivity index is 1.66. The van der Waals surface area contributed by atoms with Crippen molar-refractivity contribution in [1.29, 1.82) is 0 Å². The Morgan fingerprint density at radius 1 is 1.05 bits per heavy atom. The van der Waals surface area contributed by atoms with Crippen LogP contribution >= 0.6 is 0 Å². The van der Waals surface area contributed by atoms with Crippen LogP contribution in [0, 0.1) is 5.92 Å². The summed E-state index contributed by atoms with van der Waals surface area (Å²) < 4.78 is 0. The molecule has 110 valence electrons. The molecule has 0 N–H and O–H groups in total. The zero-order chi connectivity index (χ0) is 14.1. The molecule has 0 aromatic rings. The number of ketones is 1. The van der Waals surface area contributed by atoms with E-state index in [9.17, 15) is 14.4 Å². The summed E-state index contributed by atoms with van der Waals surface area (Å²) in [6.07, 6.45) is 6.84. The van der Waals surface area contributed by atoms with Crippen LogP contribution in [0.3, 0.4) is 0 Å². The van der Waals surface area contributed by atoms with Gasteiger partial charge >= 0.3 is 0 Å². The third-order valence-corrected chi connectivity index (χ3v) is 4.90. The van der Waals surface area contributed by atoms with Gasteiger partial charge in [-0.05, 0) is 32.1 Å². The fraction of sp³-hybridized carbons (Fsp3) is 0.800. The first-order valence-electron chi connectivity index (χ1n) is 7.78. The number of nitrogens with zero attached hydrogens (tertiary/aromatic N) is 2. The molecule has 3 aliphatic rings. The lowest BCUT2D eigenvalue weighted by molar-refractivity contribution is -0.158. The monoisotopic (exact) mass is 278 g/mol. The number of rotatable bonds is 3. The maximum Gasteiger partial charge on any atom is 0.246 e. The van der Waals surface area contributed by atoms with Gasteiger partial charge in [-0.15, -0.1) is 0 Å². The predicted octanol–water partition coefficient (Wildman–Crippen LogP) is 0.969. The van der Waals surface area contributed by atoms with Gasteiger partial charge in [0.1, 0.15) is 12.6 Å². The normalized spacial score (nSPS) is 27.9. The van der Waals surface area contributed by atoms with Crippen molar-refractivity contribution in [3.8, 4) is 0 Å². The molecule has 0 radical (unpaired) electrons. The van der Waals surface area contributed by atoms with Crippen molar-refractivity contribution in [2.75, 3.05) is 19.6 Å². The Labute approximate surface area is 119 Å². The van der Waals surface area contributed by atoms with Crippen LogP contribution in [-0.4, -0.2) is 53.1 Å². The molecule has 0 bridgehead atoms. The molecule has 2 amide bonds. The van der Waals surface area contributed by atoms with Crippen LogP contribution in [0.5, 0.6) is 0 Å². The SMILES string of the molecule is O=C(CN1CC(=O)N2CCCCC2C1=O)C1CCCC1. The van der Waals surface area contributed by atoms with Crippen LogP contribution in [0.25, 0.3) is 0 Å². The smallest absolute Gasteiger partial charge is 0.246 e. The first-order chi connectivity index (χ1) is 9.66. The maximum absolute atomic E-state index is 12.4. The van der Waals surface area contributed by atoms with E-state index < -0.39 is 0 Å². The van der Waals surface area contributed by atoms with E-state index in [1.807, 2.05) is 0 Å². The molecule has 5 nitrogen and oxygen atoms in total. The van der Waals surface area contributed by atoms with E-state index in [2.05, 4.69) is 0 Å². The van der Waals surface area contributed by atoms with Crippen molar-refractivity contribution in [2.24, 2.45) is 5.92 Å². The largest absolute Gasteiger partial charge is 0.329 e. The lowest BCUT2D eigenvalue weighted by Gasteiger charge is -2.42. The zero-order valence-corrected chi connectivity index (χ0v) is 11.8. The Morgan fingerprint density at radius 3 is 2.50 bits per heavy atom. The van der Waals surface area contributed by atoms with Gasteiger partial charge in [0.15, 0.2) is 5.78 Å². The van der Waals surface area contributed by atoms with Gasteiger partial charge in [-0.1, -0.05) is 12.8 Å². The van der Waals surface area contributed by atoms with Crippen LogP contribution in [0.15, 0.2) is 0 Å². The fourth-order valence-electron chi connectivity index (χ4n) is 3.73. The van der Waals surface area contributed by atoms with Crippen molar-refractivity contribution < 1.29 is 14.4 Å². The Morgan fingerprint density at radius 2 is 1.75 bits per heavy atom. The summed E-state index contributed by atoms with van der Waals surface area (Å²) in [5.41, 5.74) is 0. The lowest BCUT2D eigenvalue weighted by atomic mass is 9.97. The van der Waals surface area contributed by atoms with Gasteiger partial charge in [0.2, 0.25) is 11.8 Å². The molecule has 20 heavy (non-hydrogen) atoms. The van der Waals surface area contributed by atoms with E-state index in [-0.39, 0.29) is 42.6 Å². The number of hydrogen-bond donors (Lipinski definition) is 0. The summed E-state index contributed by atoms with van der Waals surface area (Å²) in [6.45, 7) is 0.924. The molecule has 0 aromatic heterocycles. The van der Waals surface area contributed by atoms with Gasteiger partial charge in [-0.2, -0.15) is 0 Å². The average Bonchev–Trinajstić information content (AvgIpc) is 2.99. The zero-order valence-electron chi connectivity index (χ0n) is 11.8. The summed E-state index contributed by atoms with van der Waals surface area (Å²) in [5.74, 6) is 0.249. The molecule has 0 aromatic carbocycles. The molecule has 1 unspecified atom stereocenters.